The fraction of sp³-hybridized carbons (Fsp3) is 0.333. The number of anilines is 1. The van der Waals surface area contributed by atoms with E-state index >= 15 is 0 Å². The molecule has 0 aliphatic carbocycles. The number of thioether (sulfide) groups is 1. The maximum absolute atomic E-state index is 13.7. The van der Waals surface area contributed by atoms with Gasteiger partial charge in [-0.15, -0.1) is 11.8 Å². The van der Waals surface area contributed by atoms with E-state index in [1.54, 1.807) is 22.5 Å². The third-order valence-corrected chi connectivity index (χ3v) is 7.26. The third-order valence-electron chi connectivity index (χ3n) is 5.32. The topological polar surface area (TPSA) is 81.0 Å². The molecule has 0 bridgehead atoms. The van der Waals surface area contributed by atoms with Crippen LogP contribution in [-0.2, 0) is 32.1 Å². The molecule has 1 aliphatic heterocycles. The zero-order valence-electron chi connectivity index (χ0n) is 18.7. The highest BCUT2D eigenvalue weighted by Gasteiger charge is 2.22. The van der Waals surface area contributed by atoms with Crippen LogP contribution in [0.3, 0.4) is 0 Å². The number of hydrogen-bond donors (Lipinski definition) is 0. The summed E-state index contributed by atoms with van der Waals surface area (Å²) in [7, 11) is 0. The summed E-state index contributed by atoms with van der Waals surface area (Å²) in [6, 6.07) is 12.1. The predicted octanol–water partition coefficient (Wildman–Crippen LogP) is 3.54. The van der Waals surface area contributed by atoms with Crippen LogP contribution in [0.5, 0.6) is 0 Å². The van der Waals surface area contributed by atoms with Crippen LogP contribution in [-0.4, -0.2) is 47.0 Å². The third kappa shape index (κ3) is 5.56. The fourth-order valence-corrected chi connectivity index (χ4v) is 5.60. The van der Waals surface area contributed by atoms with Crippen LogP contribution in [0.1, 0.15) is 18.9 Å². The van der Waals surface area contributed by atoms with Gasteiger partial charge in [0, 0.05) is 12.2 Å². The monoisotopic (exact) mass is 501 g/mol. The Hall–Kier alpha value is -2.98. The minimum absolute atomic E-state index is 0.0171. The number of carbonyl (C=O) groups is 3. The highest BCUT2D eigenvalue weighted by molar-refractivity contribution is 8.00. The Morgan fingerprint density at radius 1 is 1.18 bits per heavy atom. The van der Waals surface area contributed by atoms with Gasteiger partial charge in [-0.25, -0.2) is 4.39 Å². The number of nitrogens with zero attached hydrogens (tertiary/aromatic N) is 3. The van der Waals surface area contributed by atoms with Crippen molar-refractivity contribution in [2.45, 2.75) is 26.3 Å². The van der Waals surface area contributed by atoms with Crippen molar-refractivity contribution in [3.05, 3.63) is 58.6 Å². The van der Waals surface area contributed by atoms with Crippen LogP contribution in [0, 0.1) is 5.82 Å². The Labute approximate surface area is 204 Å². The standard InChI is InChI=1S/C24H24FN3O4S2/c1-2-32-23(31)13-28-19-10-9-17(25)12-20(19)34-24(28)26-21(29)14-33-15-22(30)27-11-5-7-16-6-3-4-8-18(16)27/h3-4,6,8-10,12H,2,5,7,11,13-15H2,1H3. The Morgan fingerprint density at radius 2 is 2.00 bits per heavy atom. The first-order valence-corrected chi connectivity index (χ1v) is 12.9. The van der Waals surface area contributed by atoms with Gasteiger partial charge in [-0.3, -0.25) is 14.4 Å². The largest absolute Gasteiger partial charge is 0.465 e. The minimum Gasteiger partial charge on any atom is -0.465 e. The summed E-state index contributed by atoms with van der Waals surface area (Å²) >= 11 is 2.33. The van der Waals surface area contributed by atoms with E-state index in [0.29, 0.717) is 16.8 Å². The number of aryl methyl sites for hydroxylation is 1. The van der Waals surface area contributed by atoms with Crippen LogP contribution in [0.15, 0.2) is 47.5 Å². The van der Waals surface area contributed by atoms with Crippen molar-refractivity contribution in [2.75, 3.05) is 29.6 Å². The number of hydrogen-bond acceptors (Lipinski definition) is 6. The zero-order chi connectivity index (χ0) is 24.1. The minimum atomic E-state index is -0.470. The number of benzene rings is 2. The van der Waals surface area contributed by atoms with E-state index in [-0.39, 0.29) is 35.4 Å². The van der Waals surface area contributed by atoms with E-state index in [4.69, 9.17) is 4.74 Å². The lowest BCUT2D eigenvalue weighted by Gasteiger charge is -2.29. The molecule has 0 spiro atoms. The van der Waals surface area contributed by atoms with E-state index < -0.39 is 17.7 Å². The van der Waals surface area contributed by atoms with Gasteiger partial charge in [0.2, 0.25) is 5.91 Å². The molecule has 10 heteroatoms. The van der Waals surface area contributed by atoms with Crippen LogP contribution in [0.4, 0.5) is 10.1 Å². The van der Waals surface area contributed by atoms with Gasteiger partial charge in [0.15, 0.2) is 4.80 Å². The quantitative estimate of drug-likeness (QED) is 0.463. The number of carbonyl (C=O) groups excluding carboxylic acids is 3. The molecule has 0 saturated carbocycles. The smallest absolute Gasteiger partial charge is 0.326 e. The lowest BCUT2D eigenvalue weighted by Crippen LogP contribution is -2.36. The molecule has 2 aromatic carbocycles. The number of esters is 1. The van der Waals surface area contributed by atoms with Crippen LogP contribution in [0.2, 0.25) is 0 Å². The Kier molecular flexibility index (Phi) is 7.79. The van der Waals surface area contributed by atoms with Gasteiger partial charge in [-0.2, -0.15) is 4.99 Å². The highest BCUT2D eigenvalue weighted by Crippen LogP contribution is 2.27. The Balaban J connectivity index is 1.45. The van der Waals surface area contributed by atoms with Crippen LogP contribution >= 0.6 is 23.1 Å². The average molecular weight is 502 g/mol. The van der Waals surface area contributed by atoms with E-state index in [1.807, 2.05) is 24.3 Å². The number of amides is 2. The molecular formula is C24H24FN3O4S2. The van der Waals surface area contributed by atoms with E-state index in [1.165, 1.54) is 23.9 Å². The molecule has 4 rings (SSSR count). The van der Waals surface area contributed by atoms with Crippen LogP contribution < -0.4 is 9.70 Å². The SMILES string of the molecule is CCOC(=O)Cn1c(=NC(=O)CSCC(=O)N2CCCc3ccccc32)sc2cc(F)ccc21. The molecule has 2 amide bonds. The number of aromatic nitrogens is 1. The molecule has 3 aromatic rings. The lowest BCUT2D eigenvalue weighted by molar-refractivity contribution is -0.143. The van der Waals surface area contributed by atoms with Gasteiger partial charge < -0.3 is 14.2 Å². The van der Waals surface area contributed by atoms with Gasteiger partial charge in [0.25, 0.3) is 5.91 Å². The molecule has 0 fully saturated rings. The average Bonchev–Trinajstić information content (AvgIpc) is 3.14. The summed E-state index contributed by atoms with van der Waals surface area (Å²) in [5.74, 6) is -1.18. The summed E-state index contributed by atoms with van der Waals surface area (Å²) in [5.41, 5.74) is 2.69. The van der Waals surface area contributed by atoms with Gasteiger partial charge in [-0.1, -0.05) is 29.5 Å². The predicted molar refractivity (Wildman–Crippen MR) is 131 cm³/mol. The van der Waals surface area contributed by atoms with Crippen molar-refractivity contribution in [3.8, 4) is 0 Å². The normalized spacial score (nSPS) is 13.7. The molecule has 7 nitrogen and oxygen atoms in total. The van der Waals surface area contributed by atoms with E-state index in [0.717, 1.165) is 35.4 Å². The number of para-hydroxylation sites is 1. The molecular weight excluding hydrogens is 477 g/mol. The summed E-state index contributed by atoms with van der Waals surface area (Å²) < 4.78 is 20.8. The van der Waals surface area contributed by atoms with E-state index in [2.05, 4.69) is 4.99 Å². The van der Waals surface area contributed by atoms with Gasteiger partial charge in [0.05, 0.1) is 28.3 Å². The maximum Gasteiger partial charge on any atom is 0.326 e. The molecule has 1 aromatic heterocycles. The van der Waals surface area contributed by atoms with E-state index in [9.17, 15) is 18.8 Å². The van der Waals surface area contributed by atoms with Crippen molar-refractivity contribution in [1.82, 2.24) is 4.57 Å². The molecule has 2 heterocycles. The molecule has 0 saturated heterocycles. The maximum atomic E-state index is 13.7. The highest BCUT2D eigenvalue weighted by atomic mass is 32.2. The first-order valence-electron chi connectivity index (χ1n) is 10.9. The van der Waals surface area contributed by atoms with Crippen molar-refractivity contribution in [2.24, 2.45) is 4.99 Å². The number of halogens is 1. The van der Waals surface area contributed by atoms with Gasteiger partial charge in [0.1, 0.15) is 12.4 Å². The second-order valence-electron chi connectivity index (χ2n) is 7.66. The second-order valence-corrected chi connectivity index (χ2v) is 9.66. The van der Waals surface area contributed by atoms with Crippen molar-refractivity contribution >= 4 is 56.8 Å². The first-order chi connectivity index (χ1) is 16.5. The van der Waals surface area contributed by atoms with Crippen molar-refractivity contribution in [1.29, 1.82) is 0 Å². The molecule has 1 aliphatic rings. The van der Waals surface area contributed by atoms with Crippen molar-refractivity contribution in [3.63, 3.8) is 0 Å². The lowest BCUT2D eigenvalue weighted by atomic mass is 10.0. The molecule has 0 unspecified atom stereocenters. The number of fused-ring (bicyclic) bond motifs is 2. The van der Waals surface area contributed by atoms with Crippen molar-refractivity contribution < 1.29 is 23.5 Å². The Bertz CT molecular complexity index is 1300. The molecule has 34 heavy (non-hydrogen) atoms. The molecule has 0 radical (unpaired) electrons. The summed E-state index contributed by atoms with van der Waals surface area (Å²) in [4.78, 5) is 43.6. The number of rotatable bonds is 7. The molecule has 178 valence electrons. The van der Waals surface area contributed by atoms with Crippen LogP contribution in [0.25, 0.3) is 10.2 Å². The zero-order valence-corrected chi connectivity index (χ0v) is 20.3. The van der Waals surface area contributed by atoms with Gasteiger partial charge in [-0.05, 0) is 49.6 Å². The fourth-order valence-electron chi connectivity index (χ4n) is 3.86. The molecule has 0 N–H and O–H groups in total. The second kappa shape index (κ2) is 11.0. The molecule has 0 atom stereocenters. The first kappa shape index (κ1) is 24.2. The Morgan fingerprint density at radius 3 is 2.82 bits per heavy atom. The van der Waals surface area contributed by atoms with Gasteiger partial charge >= 0.3 is 5.97 Å². The summed E-state index contributed by atoms with van der Waals surface area (Å²) in [6.07, 6.45) is 1.87. The summed E-state index contributed by atoms with van der Waals surface area (Å²) in [6.45, 7) is 2.47. The number of thiazole rings is 1. The summed E-state index contributed by atoms with van der Waals surface area (Å²) in [5, 5.41) is 0. The number of ether oxygens (including phenoxy) is 1.